The molecule has 0 aliphatic carbocycles. The fourth-order valence-corrected chi connectivity index (χ4v) is 1.86. The van der Waals surface area contributed by atoms with Crippen molar-refractivity contribution in [1.29, 1.82) is 0 Å². The van der Waals surface area contributed by atoms with E-state index in [1.54, 1.807) is 11.1 Å². The molecular weight excluding hydrogens is 275 g/mol. The van der Waals surface area contributed by atoms with Crippen LogP contribution in [0.2, 0.25) is 0 Å². The summed E-state index contributed by atoms with van der Waals surface area (Å²) in [4.78, 5) is 21.9. The van der Waals surface area contributed by atoms with Gasteiger partial charge in [0.25, 0.3) is 5.91 Å². The van der Waals surface area contributed by atoms with Crippen molar-refractivity contribution >= 4 is 30.7 Å². The highest BCUT2D eigenvalue weighted by Crippen LogP contribution is 2.11. The Hall–Kier alpha value is -0.910. The average Bonchev–Trinajstić information content (AvgIpc) is 2.29. The first-order valence-electron chi connectivity index (χ1n) is 5.50. The minimum Gasteiger partial charge on any atom is -0.336 e. The Labute approximate surface area is 119 Å². The molecule has 1 amide bonds. The van der Waals surface area contributed by atoms with Crippen molar-refractivity contribution in [3.05, 3.63) is 23.8 Å². The summed E-state index contributed by atoms with van der Waals surface area (Å²) >= 11 is 0. The summed E-state index contributed by atoms with van der Waals surface area (Å²) in [6.07, 6.45) is 5.09. The van der Waals surface area contributed by atoms with Gasteiger partial charge in [0.1, 0.15) is 5.69 Å². The van der Waals surface area contributed by atoms with Gasteiger partial charge in [0.05, 0.1) is 11.9 Å². The van der Waals surface area contributed by atoms with Crippen molar-refractivity contribution < 1.29 is 4.79 Å². The van der Waals surface area contributed by atoms with Crippen molar-refractivity contribution in [2.45, 2.75) is 25.8 Å². The van der Waals surface area contributed by atoms with E-state index in [9.17, 15) is 4.79 Å². The lowest BCUT2D eigenvalue weighted by Crippen LogP contribution is -2.45. The molecule has 2 heterocycles. The molecule has 1 aromatic rings. The lowest BCUT2D eigenvalue weighted by Gasteiger charge is -2.30. The van der Waals surface area contributed by atoms with Crippen LogP contribution in [0.4, 0.5) is 0 Å². The number of likely N-dealkylation sites (tertiary alicyclic amines) is 1. The third-order valence-corrected chi connectivity index (χ3v) is 2.75. The maximum Gasteiger partial charge on any atom is 0.274 e. The smallest absolute Gasteiger partial charge is 0.274 e. The lowest BCUT2D eigenvalue weighted by atomic mass is 10.1. The standard InChI is InChI=1S/C11H16N4O.2ClH/c1-8-5-14-10(6-13-8)11(16)15-4-2-3-9(12)7-15;;/h5-6,9H,2-4,7,12H2,1H3;2*1H. The lowest BCUT2D eigenvalue weighted by molar-refractivity contribution is 0.0702. The van der Waals surface area contributed by atoms with Gasteiger partial charge in [-0.1, -0.05) is 0 Å². The van der Waals surface area contributed by atoms with E-state index < -0.39 is 0 Å². The number of carbonyl (C=O) groups excluding carboxylic acids is 1. The van der Waals surface area contributed by atoms with Gasteiger partial charge in [-0.3, -0.25) is 9.78 Å². The van der Waals surface area contributed by atoms with Crippen LogP contribution in [0.1, 0.15) is 29.0 Å². The SMILES string of the molecule is Cc1cnc(C(=O)N2CCCC(N)C2)cn1.Cl.Cl. The predicted molar refractivity (Wildman–Crippen MR) is 74.4 cm³/mol. The van der Waals surface area contributed by atoms with Gasteiger partial charge in [-0.2, -0.15) is 0 Å². The van der Waals surface area contributed by atoms with Gasteiger partial charge < -0.3 is 10.6 Å². The Morgan fingerprint density at radius 3 is 2.67 bits per heavy atom. The summed E-state index contributed by atoms with van der Waals surface area (Å²) in [5.41, 5.74) is 7.05. The van der Waals surface area contributed by atoms with Gasteiger partial charge >= 0.3 is 0 Å². The second-order valence-electron chi connectivity index (χ2n) is 4.20. The van der Waals surface area contributed by atoms with E-state index >= 15 is 0 Å². The number of piperidine rings is 1. The molecule has 0 aromatic carbocycles. The summed E-state index contributed by atoms with van der Waals surface area (Å²) in [5, 5.41) is 0. The van der Waals surface area contributed by atoms with Crippen molar-refractivity contribution in [1.82, 2.24) is 14.9 Å². The van der Waals surface area contributed by atoms with E-state index in [1.807, 2.05) is 6.92 Å². The fraction of sp³-hybridized carbons (Fsp3) is 0.545. The van der Waals surface area contributed by atoms with Crippen LogP contribution in [-0.2, 0) is 0 Å². The van der Waals surface area contributed by atoms with Gasteiger partial charge in [-0.05, 0) is 19.8 Å². The zero-order valence-corrected chi connectivity index (χ0v) is 11.8. The Bertz CT molecular complexity index is 385. The minimum atomic E-state index is -0.0670. The van der Waals surface area contributed by atoms with Crippen LogP contribution in [0.25, 0.3) is 0 Å². The van der Waals surface area contributed by atoms with Crippen LogP contribution in [-0.4, -0.2) is 39.9 Å². The molecule has 1 atom stereocenters. The van der Waals surface area contributed by atoms with Crippen LogP contribution in [0.15, 0.2) is 12.4 Å². The molecule has 18 heavy (non-hydrogen) atoms. The van der Waals surface area contributed by atoms with Crippen LogP contribution < -0.4 is 5.73 Å². The molecule has 1 aliphatic rings. The molecular formula is C11H18Cl2N4O. The average molecular weight is 293 g/mol. The molecule has 1 fully saturated rings. The summed E-state index contributed by atoms with van der Waals surface area (Å²) in [7, 11) is 0. The number of hydrogen-bond donors (Lipinski definition) is 1. The number of halogens is 2. The zero-order chi connectivity index (χ0) is 11.5. The van der Waals surface area contributed by atoms with Crippen molar-refractivity contribution in [3.63, 3.8) is 0 Å². The third kappa shape index (κ3) is 4.08. The molecule has 2 rings (SSSR count). The minimum absolute atomic E-state index is 0. The first kappa shape index (κ1) is 17.1. The van der Waals surface area contributed by atoms with Crippen molar-refractivity contribution in [2.75, 3.05) is 13.1 Å². The topological polar surface area (TPSA) is 72.1 Å². The largest absolute Gasteiger partial charge is 0.336 e. The normalized spacial score (nSPS) is 18.6. The number of carbonyl (C=O) groups is 1. The number of rotatable bonds is 1. The molecule has 5 nitrogen and oxygen atoms in total. The number of amides is 1. The van der Waals surface area contributed by atoms with Gasteiger partial charge in [-0.15, -0.1) is 24.8 Å². The van der Waals surface area contributed by atoms with Gasteiger partial charge in [0, 0.05) is 25.3 Å². The number of nitrogens with zero attached hydrogens (tertiary/aromatic N) is 3. The van der Waals surface area contributed by atoms with Crippen LogP contribution in [0, 0.1) is 6.92 Å². The second-order valence-corrected chi connectivity index (χ2v) is 4.20. The number of aryl methyl sites for hydroxylation is 1. The maximum atomic E-state index is 12.0. The quantitative estimate of drug-likeness (QED) is 0.844. The summed E-state index contributed by atoms with van der Waals surface area (Å²) < 4.78 is 0. The molecule has 1 aliphatic heterocycles. The molecule has 0 spiro atoms. The van der Waals surface area contributed by atoms with Gasteiger partial charge in [0.2, 0.25) is 0 Å². The number of aromatic nitrogens is 2. The van der Waals surface area contributed by atoms with E-state index in [4.69, 9.17) is 5.73 Å². The Balaban J connectivity index is 0.00000144. The molecule has 102 valence electrons. The highest BCUT2D eigenvalue weighted by atomic mass is 35.5. The molecule has 0 saturated carbocycles. The predicted octanol–water partition coefficient (Wildman–Crippen LogP) is 1.19. The van der Waals surface area contributed by atoms with E-state index in [2.05, 4.69) is 9.97 Å². The Morgan fingerprint density at radius 1 is 1.39 bits per heavy atom. The molecule has 2 N–H and O–H groups in total. The first-order valence-corrected chi connectivity index (χ1v) is 5.50. The van der Waals surface area contributed by atoms with Gasteiger partial charge in [-0.25, -0.2) is 4.98 Å². The molecule has 0 bridgehead atoms. The molecule has 0 radical (unpaired) electrons. The summed E-state index contributed by atoms with van der Waals surface area (Å²) in [5.74, 6) is -0.0670. The molecule has 7 heteroatoms. The van der Waals surface area contributed by atoms with Crippen molar-refractivity contribution in [2.24, 2.45) is 5.73 Å². The third-order valence-electron chi connectivity index (χ3n) is 2.75. The highest BCUT2D eigenvalue weighted by molar-refractivity contribution is 5.92. The monoisotopic (exact) mass is 292 g/mol. The van der Waals surface area contributed by atoms with Crippen LogP contribution in [0.3, 0.4) is 0 Å². The molecule has 1 unspecified atom stereocenters. The molecule has 1 aromatic heterocycles. The Kier molecular flexibility index (Phi) is 7.13. The van der Waals surface area contributed by atoms with E-state index in [1.165, 1.54) is 6.20 Å². The number of nitrogens with two attached hydrogens (primary N) is 1. The van der Waals surface area contributed by atoms with Gasteiger partial charge in [0.15, 0.2) is 0 Å². The zero-order valence-electron chi connectivity index (χ0n) is 10.2. The second kappa shape index (κ2) is 7.51. The van der Waals surface area contributed by atoms with E-state index in [-0.39, 0.29) is 36.8 Å². The summed E-state index contributed by atoms with van der Waals surface area (Å²) in [6, 6.07) is 0.0936. The Morgan fingerprint density at radius 2 is 2.11 bits per heavy atom. The van der Waals surface area contributed by atoms with Crippen LogP contribution >= 0.6 is 24.8 Å². The van der Waals surface area contributed by atoms with E-state index in [0.29, 0.717) is 12.2 Å². The maximum absolute atomic E-state index is 12.0. The van der Waals surface area contributed by atoms with Crippen LogP contribution in [0.5, 0.6) is 0 Å². The fourth-order valence-electron chi connectivity index (χ4n) is 1.86. The highest BCUT2D eigenvalue weighted by Gasteiger charge is 2.23. The summed E-state index contributed by atoms with van der Waals surface area (Å²) in [6.45, 7) is 3.23. The van der Waals surface area contributed by atoms with E-state index in [0.717, 1.165) is 25.1 Å². The van der Waals surface area contributed by atoms with Crippen molar-refractivity contribution in [3.8, 4) is 0 Å². The first-order chi connectivity index (χ1) is 7.66. The molecule has 1 saturated heterocycles. The number of hydrogen-bond acceptors (Lipinski definition) is 4.